The number of rotatable bonds is 1. The lowest BCUT2D eigenvalue weighted by atomic mass is 9.62. The normalized spacial score (nSPS) is 18.3. The monoisotopic (exact) mass is 174 g/mol. The Morgan fingerprint density at radius 1 is 1.23 bits per heavy atom. The van der Waals surface area contributed by atoms with E-state index < -0.39 is 0 Å². The molecule has 1 fully saturated rings. The minimum absolute atomic E-state index is 0.632. The molecular formula is C10H15BN2. The van der Waals surface area contributed by atoms with Gasteiger partial charge >= 0.3 is 0 Å². The Labute approximate surface area is 80.2 Å². The van der Waals surface area contributed by atoms with E-state index in [9.17, 15) is 0 Å². The van der Waals surface area contributed by atoms with E-state index in [0.29, 0.717) is 6.85 Å². The highest BCUT2D eigenvalue weighted by atomic mass is 15.6. The Morgan fingerprint density at radius 2 is 1.92 bits per heavy atom. The molecule has 0 bridgehead atoms. The summed E-state index contributed by atoms with van der Waals surface area (Å²) in [6, 6.07) is 10.6. The van der Waals surface area contributed by atoms with Crippen LogP contribution in [0.5, 0.6) is 0 Å². The molecule has 13 heavy (non-hydrogen) atoms. The van der Waals surface area contributed by atoms with Crippen molar-refractivity contribution >= 4 is 12.5 Å². The maximum absolute atomic E-state index is 2.36. The van der Waals surface area contributed by atoms with Gasteiger partial charge in [0.25, 0.3) is 6.85 Å². The van der Waals surface area contributed by atoms with Crippen molar-refractivity contribution in [3.8, 4) is 0 Å². The van der Waals surface area contributed by atoms with Gasteiger partial charge in [-0.05, 0) is 18.5 Å². The third-order valence-corrected chi connectivity index (χ3v) is 2.68. The van der Waals surface area contributed by atoms with Gasteiger partial charge in [-0.25, -0.2) is 5.01 Å². The zero-order valence-corrected chi connectivity index (χ0v) is 8.27. The molecular weight excluding hydrogens is 159 g/mol. The molecule has 0 aliphatic carbocycles. The van der Waals surface area contributed by atoms with Gasteiger partial charge < -0.3 is 4.92 Å². The number of nitrogens with zero attached hydrogens (tertiary/aromatic N) is 2. The Balaban J connectivity index is 2.25. The minimum Gasteiger partial charge on any atom is -0.351 e. The summed E-state index contributed by atoms with van der Waals surface area (Å²) in [4.78, 5) is 2.36. The van der Waals surface area contributed by atoms with E-state index >= 15 is 0 Å². The second-order valence-electron chi connectivity index (χ2n) is 3.70. The van der Waals surface area contributed by atoms with Crippen molar-refractivity contribution < 1.29 is 0 Å². The Kier molecular flexibility index (Phi) is 2.27. The molecule has 1 aromatic carbocycles. The largest absolute Gasteiger partial charge is 0.351 e. The first-order valence-corrected chi connectivity index (χ1v) is 4.84. The number of hydrogen-bond acceptors (Lipinski definition) is 2. The summed E-state index contributed by atoms with van der Waals surface area (Å²) in [5, 5.41) is 2.29. The maximum Gasteiger partial charge on any atom is 0.272 e. The lowest BCUT2D eigenvalue weighted by molar-refractivity contribution is 0.402. The van der Waals surface area contributed by atoms with Gasteiger partial charge in [-0.15, -0.1) is 0 Å². The molecule has 1 aliphatic rings. The molecule has 0 radical (unpaired) electrons. The predicted molar refractivity (Wildman–Crippen MR) is 58.0 cm³/mol. The highest BCUT2D eigenvalue weighted by Crippen LogP contribution is 2.22. The van der Waals surface area contributed by atoms with Gasteiger partial charge in [-0.1, -0.05) is 25.0 Å². The van der Waals surface area contributed by atoms with Crippen molar-refractivity contribution in [2.45, 2.75) is 13.1 Å². The minimum atomic E-state index is 0.632. The zero-order valence-electron chi connectivity index (χ0n) is 8.27. The molecule has 2 nitrogen and oxygen atoms in total. The SMILES string of the molecule is CB1CCN(C)N1c1ccccc1. The fourth-order valence-corrected chi connectivity index (χ4v) is 1.97. The lowest BCUT2D eigenvalue weighted by Crippen LogP contribution is -2.39. The van der Waals surface area contributed by atoms with Crippen LogP contribution >= 0.6 is 0 Å². The number of benzene rings is 1. The molecule has 0 spiro atoms. The Bertz CT molecular complexity index is 266. The molecule has 0 atom stereocenters. The second kappa shape index (κ2) is 3.42. The summed E-state index contributed by atoms with van der Waals surface area (Å²) >= 11 is 0. The molecule has 0 aromatic heterocycles. The van der Waals surface area contributed by atoms with E-state index in [1.165, 1.54) is 12.0 Å². The molecule has 1 heterocycles. The standard InChI is InChI=1S/C10H15BN2/c1-11-8-9-12(2)13(11)10-6-4-3-5-7-10/h3-7H,8-9H2,1-2H3. The Morgan fingerprint density at radius 3 is 2.46 bits per heavy atom. The summed E-state index contributed by atoms with van der Waals surface area (Å²) in [7, 11) is 2.15. The lowest BCUT2D eigenvalue weighted by Gasteiger charge is -2.29. The molecule has 68 valence electrons. The molecule has 0 saturated carbocycles. The maximum atomic E-state index is 2.36. The smallest absolute Gasteiger partial charge is 0.272 e. The molecule has 0 N–H and O–H groups in total. The molecule has 0 unspecified atom stereocenters. The van der Waals surface area contributed by atoms with Crippen LogP contribution in [0.25, 0.3) is 0 Å². The highest BCUT2D eigenvalue weighted by Gasteiger charge is 2.28. The van der Waals surface area contributed by atoms with E-state index in [1.807, 2.05) is 0 Å². The van der Waals surface area contributed by atoms with Gasteiger partial charge in [0.1, 0.15) is 0 Å². The van der Waals surface area contributed by atoms with Crippen LogP contribution in [-0.2, 0) is 0 Å². The van der Waals surface area contributed by atoms with E-state index in [4.69, 9.17) is 0 Å². The third-order valence-electron chi connectivity index (χ3n) is 2.68. The van der Waals surface area contributed by atoms with Crippen molar-refractivity contribution in [1.29, 1.82) is 0 Å². The highest BCUT2D eigenvalue weighted by molar-refractivity contribution is 6.62. The molecule has 1 saturated heterocycles. The summed E-state index contributed by atoms with van der Waals surface area (Å²) in [5.41, 5.74) is 1.30. The fourth-order valence-electron chi connectivity index (χ4n) is 1.97. The molecule has 1 aromatic rings. The fraction of sp³-hybridized carbons (Fsp3) is 0.400. The first kappa shape index (κ1) is 8.63. The van der Waals surface area contributed by atoms with Crippen LogP contribution in [0.4, 0.5) is 5.69 Å². The van der Waals surface area contributed by atoms with Gasteiger partial charge in [0.2, 0.25) is 0 Å². The van der Waals surface area contributed by atoms with Crippen molar-refractivity contribution in [1.82, 2.24) is 5.01 Å². The predicted octanol–water partition coefficient (Wildman–Crippen LogP) is 1.97. The molecule has 2 rings (SSSR count). The average molecular weight is 174 g/mol. The van der Waals surface area contributed by atoms with Crippen molar-refractivity contribution in [2.24, 2.45) is 0 Å². The van der Waals surface area contributed by atoms with Crippen molar-refractivity contribution in [3.63, 3.8) is 0 Å². The van der Waals surface area contributed by atoms with Crippen molar-refractivity contribution in [3.05, 3.63) is 30.3 Å². The van der Waals surface area contributed by atoms with Crippen LogP contribution in [-0.4, -0.2) is 25.4 Å². The molecule has 3 heteroatoms. The summed E-state index contributed by atoms with van der Waals surface area (Å²) in [6.07, 6.45) is 1.26. The quantitative estimate of drug-likeness (QED) is 0.600. The average Bonchev–Trinajstić information content (AvgIpc) is 2.48. The topological polar surface area (TPSA) is 6.48 Å². The number of hydrazine groups is 1. The molecule has 0 amide bonds. The van der Waals surface area contributed by atoms with Crippen LogP contribution in [0, 0.1) is 0 Å². The summed E-state index contributed by atoms with van der Waals surface area (Å²) in [5.74, 6) is 0. The van der Waals surface area contributed by atoms with Gasteiger partial charge in [-0.2, -0.15) is 0 Å². The van der Waals surface area contributed by atoms with Crippen LogP contribution in [0.15, 0.2) is 30.3 Å². The van der Waals surface area contributed by atoms with Gasteiger partial charge in [-0.3, -0.25) is 0 Å². The summed E-state index contributed by atoms with van der Waals surface area (Å²) in [6.45, 7) is 4.07. The first-order valence-electron chi connectivity index (χ1n) is 4.84. The number of anilines is 1. The second-order valence-corrected chi connectivity index (χ2v) is 3.70. The van der Waals surface area contributed by atoms with Crippen LogP contribution in [0.2, 0.25) is 13.1 Å². The third kappa shape index (κ3) is 1.56. The van der Waals surface area contributed by atoms with Crippen LogP contribution < -0.4 is 4.92 Å². The van der Waals surface area contributed by atoms with E-state index in [0.717, 1.165) is 6.54 Å². The van der Waals surface area contributed by atoms with E-state index in [-0.39, 0.29) is 0 Å². The van der Waals surface area contributed by atoms with Crippen LogP contribution in [0.3, 0.4) is 0 Å². The van der Waals surface area contributed by atoms with Gasteiger partial charge in [0.05, 0.1) is 0 Å². The Hall–Kier alpha value is -0.955. The van der Waals surface area contributed by atoms with Gasteiger partial charge in [0, 0.05) is 19.3 Å². The number of hydrogen-bond donors (Lipinski definition) is 0. The zero-order chi connectivity index (χ0) is 9.26. The van der Waals surface area contributed by atoms with E-state index in [2.05, 4.69) is 54.1 Å². The van der Waals surface area contributed by atoms with E-state index in [1.54, 1.807) is 0 Å². The molecule has 1 aliphatic heterocycles. The van der Waals surface area contributed by atoms with Crippen molar-refractivity contribution in [2.75, 3.05) is 18.5 Å². The summed E-state index contributed by atoms with van der Waals surface area (Å²) < 4.78 is 0. The van der Waals surface area contributed by atoms with Gasteiger partial charge in [0.15, 0.2) is 0 Å². The van der Waals surface area contributed by atoms with Crippen LogP contribution in [0.1, 0.15) is 0 Å². The first-order chi connectivity index (χ1) is 6.29. The number of para-hydroxylation sites is 1.